The van der Waals surface area contributed by atoms with Crippen molar-refractivity contribution in [2.24, 2.45) is 0 Å². The van der Waals surface area contributed by atoms with Gasteiger partial charge >= 0.3 is 77.8 Å². The van der Waals surface area contributed by atoms with Gasteiger partial charge in [-0.15, -0.1) is 0 Å². The average molecular weight is 339 g/mol. The van der Waals surface area contributed by atoms with Gasteiger partial charge in [0.05, 0.1) is 0 Å². The van der Waals surface area contributed by atoms with Crippen LogP contribution in [-0.2, 0) is 4.13 Å². The van der Waals surface area contributed by atoms with Crippen LogP contribution < -0.4 is 0 Å². The van der Waals surface area contributed by atoms with E-state index >= 15 is 0 Å². The first-order valence-electron chi connectivity index (χ1n) is 3.28. The molecule has 11 heavy (non-hydrogen) atoms. The SMILES string of the molecule is [CH2]=[Bi][CH2]c1cccc(C#N)c1. The molecule has 0 aliphatic heterocycles. The van der Waals surface area contributed by atoms with E-state index in [1.54, 1.807) is 0 Å². The van der Waals surface area contributed by atoms with E-state index < -0.39 is 22.8 Å². The molecule has 0 aliphatic carbocycles. The van der Waals surface area contributed by atoms with Gasteiger partial charge in [0, 0.05) is 0 Å². The summed E-state index contributed by atoms with van der Waals surface area (Å²) in [5, 5.41) is 8.58. The standard InChI is InChI=1S/C8H6N.CH2.Bi/c1-7-3-2-4-8(5-7)6-9;;/h2-5H,1H2;1H2;. The van der Waals surface area contributed by atoms with Gasteiger partial charge < -0.3 is 0 Å². The maximum absolute atomic E-state index is 8.58. The van der Waals surface area contributed by atoms with E-state index in [9.17, 15) is 0 Å². The Morgan fingerprint density at radius 2 is 2.36 bits per heavy atom. The summed E-state index contributed by atoms with van der Waals surface area (Å²) in [5.41, 5.74) is 2.04. The molecule has 1 aromatic carbocycles. The molecule has 0 fully saturated rings. The fourth-order valence-electron chi connectivity index (χ4n) is 0.868. The molecule has 0 heterocycles. The summed E-state index contributed by atoms with van der Waals surface area (Å²) >= 11 is -0.483. The van der Waals surface area contributed by atoms with Crippen LogP contribution in [0.2, 0.25) is 0 Å². The molecule has 0 bridgehead atoms. The zero-order chi connectivity index (χ0) is 8.10. The van der Waals surface area contributed by atoms with Crippen molar-refractivity contribution in [2.45, 2.75) is 4.13 Å². The average Bonchev–Trinajstić information content (AvgIpc) is 2.06. The van der Waals surface area contributed by atoms with Gasteiger partial charge in [0.1, 0.15) is 0 Å². The molecule has 0 N–H and O–H groups in total. The Morgan fingerprint density at radius 3 is 3.00 bits per heavy atom. The van der Waals surface area contributed by atoms with E-state index in [1.807, 2.05) is 18.2 Å². The minimum absolute atomic E-state index is 0.483. The molecule has 1 rings (SSSR count). The minimum atomic E-state index is -0.483. The van der Waals surface area contributed by atoms with E-state index in [0.717, 1.165) is 9.69 Å². The molecule has 0 aliphatic rings. The van der Waals surface area contributed by atoms with Crippen LogP contribution in [0, 0.1) is 11.3 Å². The Balaban J connectivity index is 2.93. The van der Waals surface area contributed by atoms with Crippen LogP contribution in [0.25, 0.3) is 0 Å². The van der Waals surface area contributed by atoms with Gasteiger partial charge in [0.25, 0.3) is 0 Å². The second-order valence-corrected chi connectivity index (χ2v) is 5.16. The van der Waals surface area contributed by atoms with Crippen molar-refractivity contribution < 1.29 is 0 Å². The van der Waals surface area contributed by atoms with Gasteiger partial charge in [-0.05, 0) is 0 Å². The van der Waals surface area contributed by atoms with Crippen molar-refractivity contribution in [3.63, 3.8) is 0 Å². The number of nitrogens with zero attached hydrogens (tertiary/aromatic N) is 1. The van der Waals surface area contributed by atoms with Crippen molar-refractivity contribution in [1.29, 1.82) is 5.26 Å². The van der Waals surface area contributed by atoms with E-state index in [-0.39, 0.29) is 0 Å². The molecule has 2 heteroatoms. The van der Waals surface area contributed by atoms with Gasteiger partial charge in [-0.2, -0.15) is 0 Å². The molecule has 0 spiro atoms. The predicted octanol–water partition coefficient (Wildman–Crippen LogP) is 1.19. The number of benzene rings is 1. The van der Waals surface area contributed by atoms with Gasteiger partial charge in [-0.3, -0.25) is 0 Å². The number of nitriles is 1. The van der Waals surface area contributed by atoms with Crippen LogP contribution in [-0.4, -0.2) is 27.0 Å². The van der Waals surface area contributed by atoms with Crippen molar-refractivity contribution in [2.75, 3.05) is 0 Å². The van der Waals surface area contributed by atoms with Crippen LogP contribution in [0.3, 0.4) is 0 Å². The summed E-state index contributed by atoms with van der Waals surface area (Å²) in [6.45, 7) is 0. The zero-order valence-corrected chi connectivity index (χ0v) is 9.60. The summed E-state index contributed by atoms with van der Waals surface area (Å²) in [6.07, 6.45) is 0. The third-order valence-electron chi connectivity index (χ3n) is 1.35. The third kappa shape index (κ3) is 2.52. The normalized spacial score (nSPS) is 8.64. The van der Waals surface area contributed by atoms with Crippen LogP contribution in [0.5, 0.6) is 0 Å². The van der Waals surface area contributed by atoms with Gasteiger partial charge in [0.2, 0.25) is 0 Å². The fourth-order valence-corrected chi connectivity index (χ4v) is 2.64. The molecule has 0 radical (unpaired) electrons. The number of hydrogen-bond acceptors (Lipinski definition) is 1. The predicted molar refractivity (Wildman–Crippen MR) is 47.7 cm³/mol. The van der Waals surface area contributed by atoms with E-state index in [2.05, 4.69) is 16.3 Å². The van der Waals surface area contributed by atoms with Gasteiger partial charge in [0.15, 0.2) is 0 Å². The summed E-state index contributed by atoms with van der Waals surface area (Å²) in [4.78, 5) is 0. The Labute approximate surface area is 77.7 Å². The summed E-state index contributed by atoms with van der Waals surface area (Å²) < 4.78 is 5.07. The topological polar surface area (TPSA) is 23.8 Å². The molecule has 1 nitrogen and oxygen atoms in total. The quantitative estimate of drug-likeness (QED) is 0.743. The summed E-state index contributed by atoms with van der Waals surface area (Å²) in [7, 11) is 0. The Bertz CT molecular complexity index is 299. The molecule has 1 aromatic rings. The third-order valence-corrected chi connectivity index (χ3v) is 3.64. The first-order valence-corrected chi connectivity index (χ1v) is 8.20. The second kappa shape index (κ2) is 4.36. The molecular formula is C9H8BiN. The molecule has 0 amide bonds. The molecule has 0 saturated carbocycles. The van der Waals surface area contributed by atoms with Crippen LogP contribution in [0.1, 0.15) is 11.1 Å². The van der Waals surface area contributed by atoms with E-state index in [0.29, 0.717) is 0 Å². The zero-order valence-electron chi connectivity index (χ0n) is 6.12. The summed E-state index contributed by atoms with van der Waals surface area (Å²) in [6, 6.07) is 9.91. The van der Waals surface area contributed by atoms with Gasteiger partial charge in [-0.25, -0.2) is 0 Å². The first kappa shape index (κ1) is 8.56. The monoisotopic (exact) mass is 339 g/mol. The molecule has 0 unspecified atom stereocenters. The van der Waals surface area contributed by atoms with Crippen molar-refractivity contribution in [3.05, 3.63) is 35.4 Å². The Kier molecular flexibility index (Phi) is 3.40. The molecule has 0 aromatic heterocycles. The maximum atomic E-state index is 8.58. The second-order valence-electron chi connectivity index (χ2n) is 2.19. The Morgan fingerprint density at radius 1 is 1.55 bits per heavy atom. The summed E-state index contributed by atoms with van der Waals surface area (Å²) in [5.74, 6) is 0. The number of hydrogen-bond donors (Lipinski definition) is 0. The Hall–Kier alpha value is -0.537. The fraction of sp³-hybridized carbons (Fsp3) is 0.111. The van der Waals surface area contributed by atoms with Crippen molar-refractivity contribution in [3.8, 4) is 6.07 Å². The number of rotatable bonds is 2. The molecule has 54 valence electrons. The molecular weight excluding hydrogens is 331 g/mol. The van der Waals surface area contributed by atoms with Crippen LogP contribution in [0.15, 0.2) is 24.3 Å². The van der Waals surface area contributed by atoms with E-state index in [1.165, 1.54) is 5.56 Å². The van der Waals surface area contributed by atoms with Crippen LogP contribution >= 0.6 is 0 Å². The van der Waals surface area contributed by atoms with Crippen molar-refractivity contribution >= 4 is 27.0 Å². The molecule has 0 atom stereocenters. The van der Waals surface area contributed by atoms with Crippen LogP contribution in [0.4, 0.5) is 0 Å². The van der Waals surface area contributed by atoms with Gasteiger partial charge in [-0.1, -0.05) is 0 Å². The van der Waals surface area contributed by atoms with Crippen molar-refractivity contribution in [1.82, 2.24) is 0 Å². The molecule has 0 saturated heterocycles. The van der Waals surface area contributed by atoms with E-state index in [4.69, 9.17) is 5.26 Å². The first-order chi connectivity index (χ1) is 5.36.